The van der Waals surface area contributed by atoms with Gasteiger partial charge in [-0.2, -0.15) is 0 Å². The number of anilines is 2. The van der Waals surface area contributed by atoms with Crippen molar-refractivity contribution >= 4 is 46.5 Å². The lowest BCUT2D eigenvalue weighted by atomic mass is 10.1. The second-order valence-corrected chi connectivity index (χ2v) is 8.64. The maximum Gasteiger partial charge on any atom is 0.259 e. The summed E-state index contributed by atoms with van der Waals surface area (Å²) in [6.45, 7) is 0.190. The molecule has 176 valence electrons. The van der Waals surface area contributed by atoms with Crippen LogP contribution in [0, 0.1) is 5.82 Å². The van der Waals surface area contributed by atoms with Crippen LogP contribution in [0.15, 0.2) is 91.1 Å². The Morgan fingerprint density at radius 3 is 1.83 bits per heavy atom. The molecule has 0 unspecified atom stereocenters. The standard InChI is InChI=1S/C27H20Cl2FN3O2/c1-32(26(34)19-3-7-21(28)8-4-19)25-15-2-18(16-31-25)17-33(24-13-11-23(30)12-14-24)27(35)20-5-9-22(29)10-6-20/h2-16H,17H2,1H3. The summed E-state index contributed by atoms with van der Waals surface area (Å²) in [7, 11) is 1.63. The average Bonchev–Trinajstić information content (AvgIpc) is 2.88. The van der Waals surface area contributed by atoms with Gasteiger partial charge in [0, 0.05) is 40.1 Å². The number of benzene rings is 3. The molecule has 4 rings (SSSR count). The topological polar surface area (TPSA) is 53.5 Å². The molecule has 0 aliphatic rings. The SMILES string of the molecule is CN(C(=O)c1ccc(Cl)cc1)c1ccc(CN(C(=O)c2ccc(Cl)cc2)c2ccc(F)cc2)cn1. The summed E-state index contributed by atoms with van der Waals surface area (Å²) in [6.07, 6.45) is 1.60. The van der Waals surface area contributed by atoms with Gasteiger partial charge < -0.3 is 4.90 Å². The van der Waals surface area contributed by atoms with E-state index in [9.17, 15) is 14.0 Å². The van der Waals surface area contributed by atoms with Gasteiger partial charge in [0.1, 0.15) is 11.6 Å². The van der Waals surface area contributed by atoms with Crippen LogP contribution < -0.4 is 9.80 Å². The van der Waals surface area contributed by atoms with Crippen LogP contribution in [0.1, 0.15) is 26.3 Å². The zero-order valence-electron chi connectivity index (χ0n) is 18.7. The number of hydrogen-bond acceptors (Lipinski definition) is 3. The second kappa shape index (κ2) is 10.7. The normalized spacial score (nSPS) is 10.6. The van der Waals surface area contributed by atoms with E-state index in [-0.39, 0.29) is 18.4 Å². The molecule has 1 aromatic heterocycles. The summed E-state index contributed by atoms with van der Waals surface area (Å²) in [5.41, 5.74) is 2.19. The Labute approximate surface area is 212 Å². The molecular weight excluding hydrogens is 488 g/mol. The first-order chi connectivity index (χ1) is 16.8. The highest BCUT2D eigenvalue weighted by atomic mass is 35.5. The van der Waals surface area contributed by atoms with Crippen molar-refractivity contribution < 1.29 is 14.0 Å². The van der Waals surface area contributed by atoms with Gasteiger partial charge in [0.05, 0.1) is 6.54 Å². The van der Waals surface area contributed by atoms with E-state index >= 15 is 0 Å². The highest BCUT2D eigenvalue weighted by molar-refractivity contribution is 6.31. The van der Waals surface area contributed by atoms with Gasteiger partial charge in [0.15, 0.2) is 0 Å². The fourth-order valence-corrected chi connectivity index (χ4v) is 3.68. The van der Waals surface area contributed by atoms with Crippen LogP contribution in [0.5, 0.6) is 0 Å². The molecule has 0 saturated carbocycles. The molecule has 0 saturated heterocycles. The molecule has 0 atom stereocenters. The monoisotopic (exact) mass is 507 g/mol. The lowest BCUT2D eigenvalue weighted by molar-refractivity contribution is 0.0980. The van der Waals surface area contributed by atoms with Crippen molar-refractivity contribution in [2.45, 2.75) is 6.54 Å². The summed E-state index contributed by atoms with van der Waals surface area (Å²) in [5.74, 6) is -0.446. The summed E-state index contributed by atoms with van der Waals surface area (Å²) in [4.78, 5) is 33.4. The van der Waals surface area contributed by atoms with Gasteiger partial charge in [-0.25, -0.2) is 9.37 Å². The molecule has 0 radical (unpaired) electrons. The van der Waals surface area contributed by atoms with Gasteiger partial charge in [0.2, 0.25) is 0 Å². The molecule has 4 aromatic rings. The lowest BCUT2D eigenvalue weighted by Gasteiger charge is -2.23. The molecule has 8 heteroatoms. The van der Waals surface area contributed by atoms with Gasteiger partial charge in [-0.15, -0.1) is 0 Å². The van der Waals surface area contributed by atoms with E-state index in [4.69, 9.17) is 23.2 Å². The van der Waals surface area contributed by atoms with Gasteiger partial charge >= 0.3 is 0 Å². The molecular formula is C27H20Cl2FN3O2. The van der Waals surface area contributed by atoms with Crippen LogP contribution in [0.3, 0.4) is 0 Å². The predicted octanol–water partition coefficient (Wildman–Crippen LogP) is 6.65. The summed E-state index contributed by atoms with van der Waals surface area (Å²) < 4.78 is 13.5. The number of carbonyl (C=O) groups is 2. The Hall–Kier alpha value is -3.74. The van der Waals surface area contributed by atoms with Crippen molar-refractivity contribution in [1.82, 2.24) is 4.98 Å². The third kappa shape index (κ3) is 5.85. The second-order valence-electron chi connectivity index (χ2n) is 7.77. The van der Waals surface area contributed by atoms with E-state index in [1.807, 2.05) is 0 Å². The van der Waals surface area contributed by atoms with Gasteiger partial charge in [-0.1, -0.05) is 29.3 Å². The van der Waals surface area contributed by atoms with Crippen molar-refractivity contribution in [3.05, 3.63) is 124 Å². The number of pyridine rings is 1. The average molecular weight is 508 g/mol. The maximum atomic E-state index is 13.5. The summed E-state index contributed by atoms with van der Waals surface area (Å²) >= 11 is 11.9. The predicted molar refractivity (Wildman–Crippen MR) is 137 cm³/mol. The Morgan fingerprint density at radius 2 is 1.31 bits per heavy atom. The van der Waals surface area contributed by atoms with Crippen LogP contribution in [0.4, 0.5) is 15.9 Å². The molecule has 0 spiro atoms. The molecule has 0 N–H and O–H groups in total. The number of nitrogens with zero attached hydrogens (tertiary/aromatic N) is 3. The van der Waals surface area contributed by atoms with Crippen molar-refractivity contribution in [2.24, 2.45) is 0 Å². The zero-order valence-corrected chi connectivity index (χ0v) is 20.2. The third-order valence-corrected chi connectivity index (χ3v) is 5.87. The molecule has 3 aromatic carbocycles. The quantitative estimate of drug-likeness (QED) is 0.293. The van der Waals surface area contributed by atoms with E-state index in [2.05, 4.69) is 4.98 Å². The first-order valence-electron chi connectivity index (χ1n) is 10.6. The first-order valence-corrected chi connectivity index (χ1v) is 11.4. The van der Waals surface area contributed by atoms with E-state index in [0.29, 0.717) is 32.7 Å². The van der Waals surface area contributed by atoms with Crippen LogP contribution in [-0.2, 0) is 6.54 Å². The van der Waals surface area contributed by atoms with Gasteiger partial charge in [-0.05, 0) is 84.4 Å². The highest BCUT2D eigenvalue weighted by Gasteiger charge is 2.20. The molecule has 35 heavy (non-hydrogen) atoms. The molecule has 2 amide bonds. The fraction of sp³-hybridized carbons (Fsp3) is 0.0741. The first kappa shape index (κ1) is 24.4. The highest BCUT2D eigenvalue weighted by Crippen LogP contribution is 2.23. The largest absolute Gasteiger partial charge is 0.304 e. The van der Waals surface area contributed by atoms with E-state index in [1.165, 1.54) is 21.9 Å². The Bertz CT molecular complexity index is 1330. The minimum atomic E-state index is -0.396. The zero-order chi connectivity index (χ0) is 24.9. The smallest absolute Gasteiger partial charge is 0.259 e. The van der Waals surface area contributed by atoms with Crippen LogP contribution in [0.2, 0.25) is 10.0 Å². The molecule has 1 heterocycles. The van der Waals surface area contributed by atoms with Crippen LogP contribution in [-0.4, -0.2) is 23.8 Å². The number of amides is 2. The Kier molecular flexibility index (Phi) is 7.44. The Balaban J connectivity index is 1.56. The minimum absolute atomic E-state index is 0.190. The van der Waals surface area contributed by atoms with Crippen molar-refractivity contribution in [3.8, 4) is 0 Å². The summed E-state index contributed by atoms with van der Waals surface area (Å²) in [5, 5.41) is 1.07. The fourth-order valence-electron chi connectivity index (χ4n) is 3.43. The molecule has 0 aliphatic carbocycles. The number of halogens is 3. The van der Waals surface area contributed by atoms with Crippen LogP contribution in [0.25, 0.3) is 0 Å². The van der Waals surface area contributed by atoms with Crippen LogP contribution >= 0.6 is 23.2 Å². The van der Waals surface area contributed by atoms with E-state index in [1.54, 1.807) is 86.0 Å². The number of carbonyl (C=O) groups excluding carboxylic acids is 2. The number of aromatic nitrogens is 1. The molecule has 0 bridgehead atoms. The van der Waals surface area contributed by atoms with Crippen molar-refractivity contribution in [1.29, 1.82) is 0 Å². The maximum absolute atomic E-state index is 13.5. The molecule has 0 fully saturated rings. The minimum Gasteiger partial charge on any atom is -0.304 e. The molecule has 0 aliphatic heterocycles. The van der Waals surface area contributed by atoms with Crippen molar-refractivity contribution in [2.75, 3.05) is 16.8 Å². The van der Waals surface area contributed by atoms with Gasteiger partial charge in [-0.3, -0.25) is 14.5 Å². The van der Waals surface area contributed by atoms with Gasteiger partial charge in [0.25, 0.3) is 11.8 Å². The molecule has 5 nitrogen and oxygen atoms in total. The number of hydrogen-bond donors (Lipinski definition) is 0. The van der Waals surface area contributed by atoms with E-state index in [0.717, 1.165) is 5.56 Å². The number of rotatable bonds is 6. The Morgan fingerprint density at radius 1 is 0.771 bits per heavy atom. The van der Waals surface area contributed by atoms with E-state index < -0.39 is 5.82 Å². The summed E-state index contributed by atoms with van der Waals surface area (Å²) in [6, 6.07) is 22.4. The van der Waals surface area contributed by atoms with Crippen molar-refractivity contribution in [3.63, 3.8) is 0 Å². The third-order valence-electron chi connectivity index (χ3n) is 5.36. The lowest BCUT2D eigenvalue weighted by Crippen LogP contribution is -2.30.